The zero-order valence-electron chi connectivity index (χ0n) is 14.6. The molecule has 3 unspecified atom stereocenters. The first-order chi connectivity index (χ1) is 11.9. The molecule has 0 aromatic heterocycles. The topological polar surface area (TPSA) is 61.4 Å². The normalized spacial score (nSPS) is 25.5. The van der Waals surface area contributed by atoms with Gasteiger partial charge in [0.15, 0.2) is 0 Å². The number of nitrogens with zero attached hydrogens (tertiary/aromatic N) is 1. The van der Waals surface area contributed by atoms with Gasteiger partial charge < -0.3 is 15.5 Å². The van der Waals surface area contributed by atoms with Gasteiger partial charge in [-0.25, -0.2) is 0 Å². The molecule has 2 saturated heterocycles. The van der Waals surface area contributed by atoms with Gasteiger partial charge in [0.1, 0.15) is 6.04 Å². The number of likely N-dealkylation sites (tertiary alicyclic amines) is 1. The number of nitrogens with one attached hydrogen (secondary N) is 2. The predicted octanol–water partition coefficient (Wildman–Crippen LogP) is 3.28. The van der Waals surface area contributed by atoms with Crippen molar-refractivity contribution in [1.29, 1.82) is 0 Å². The van der Waals surface area contributed by atoms with Crippen molar-refractivity contribution in [3.05, 3.63) is 33.8 Å². The van der Waals surface area contributed by atoms with E-state index in [-0.39, 0.29) is 30.3 Å². The van der Waals surface area contributed by atoms with Gasteiger partial charge >= 0.3 is 0 Å². The number of carbonyl (C=O) groups is 2. The van der Waals surface area contributed by atoms with Crippen LogP contribution in [0.3, 0.4) is 0 Å². The number of halogens is 3. The van der Waals surface area contributed by atoms with Crippen LogP contribution in [0.25, 0.3) is 0 Å². The molecule has 0 bridgehead atoms. The summed E-state index contributed by atoms with van der Waals surface area (Å²) in [4.78, 5) is 27.2. The van der Waals surface area contributed by atoms with Crippen LogP contribution >= 0.6 is 35.6 Å². The number of benzene rings is 1. The minimum absolute atomic E-state index is 0. The SMILES string of the molecule is CC1CC(NC(=O)C2CCCN2C(=O)c2cc(Cl)cc(Cl)c2)CCN1.Cl. The summed E-state index contributed by atoms with van der Waals surface area (Å²) in [6, 6.07) is 4.92. The smallest absolute Gasteiger partial charge is 0.254 e. The highest BCUT2D eigenvalue weighted by atomic mass is 35.5. The fourth-order valence-corrected chi connectivity index (χ4v) is 4.21. The lowest BCUT2D eigenvalue weighted by Gasteiger charge is -2.31. The lowest BCUT2D eigenvalue weighted by Crippen LogP contribution is -2.52. The molecule has 5 nitrogen and oxygen atoms in total. The molecule has 0 saturated carbocycles. The highest BCUT2D eigenvalue weighted by Crippen LogP contribution is 2.25. The van der Waals surface area contributed by atoms with Crippen molar-refractivity contribution in [1.82, 2.24) is 15.5 Å². The molecule has 3 atom stereocenters. The summed E-state index contributed by atoms with van der Waals surface area (Å²) >= 11 is 12.0. The van der Waals surface area contributed by atoms with E-state index in [4.69, 9.17) is 23.2 Å². The van der Waals surface area contributed by atoms with Crippen LogP contribution in [0.15, 0.2) is 18.2 Å². The third-order valence-corrected chi connectivity index (χ3v) is 5.33. The molecule has 1 aromatic rings. The van der Waals surface area contributed by atoms with Crippen LogP contribution in [0, 0.1) is 0 Å². The lowest BCUT2D eigenvalue weighted by atomic mass is 10.00. The number of piperidine rings is 1. The Morgan fingerprint density at radius 2 is 1.88 bits per heavy atom. The zero-order chi connectivity index (χ0) is 18.0. The first-order valence-corrected chi connectivity index (χ1v) is 9.50. The number of amides is 2. The third kappa shape index (κ3) is 5.03. The van der Waals surface area contributed by atoms with Gasteiger partial charge in [-0.05, 0) is 57.4 Å². The summed E-state index contributed by atoms with van der Waals surface area (Å²) in [5.74, 6) is -0.251. The molecule has 2 aliphatic heterocycles. The summed E-state index contributed by atoms with van der Waals surface area (Å²) in [7, 11) is 0. The van der Waals surface area contributed by atoms with Crippen molar-refractivity contribution >= 4 is 47.4 Å². The summed E-state index contributed by atoms with van der Waals surface area (Å²) < 4.78 is 0. The van der Waals surface area contributed by atoms with E-state index in [1.807, 2.05) is 0 Å². The Morgan fingerprint density at radius 1 is 1.19 bits per heavy atom. The van der Waals surface area contributed by atoms with E-state index in [0.717, 1.165) is 25.8 Å². The van der Waals surface area contributed by atoms with E-state index in [0.29, 0.717) is 34.6 Å². The summed E-state index contributed by atoms with van der Waals surface area (Å²) in [5.41, 5.74) is 0.424. The number of rotatable bonds is 3. The van der Waals surface area contributed by atoms with Gasteiger partial charge in [-0.15, -0.1) is 12.4 Å². The van der Waals surface area contributed by atoms with Gasteiger partial charge in [-0.3, -0.25) is 9.59 Å². The van der Waals surface area contributed by atoms with E-state index in [1.54, 1.807) is 23.1 Å². The second kappa shape index (κ2) is 9.27. The van der Waals surface area contributed by atoms with Crippen molar-refractivity contribution in [2.45, 2.75) is 50.7 Å². The quantitative estimate of drug-likeness (QED) is 0.789. The van der Waals surface area contributed by atoms with Gasteiger partial charge in [0.25, 0.3) is 5.91 Å². The van der Waals surface area contributed by atoms with E-state index in [2.05, 4.69) is 17.6 Å². The van der Waals surface area contributed by atoms with E-state index in [1.165, 1.54) is 0 Å². The molecule has 0 spiro atoms. The highest BCUT2D eigenvalue weighted by Gasteiger charge is 2.35. The van der Waals surface area contributed by atoms with Crippen LogP contribution in [0.5, 0.6) is 0 Å². The standard InChI is InChI=1S/C18H23Cl2N3O2.ClH/c1-11-7-15(4-5-21-11)22-17(24)16-3-2-6-23(16)18(25)12-8-13(19)10-14(20)9-12;/h8-11,15-16,21H,2-7H2,1H3,(H,22,24);1H. The van der Waals surface area contributed by atoms with Crippen molar-refractivity contribution in [2.75, 3.05) is 13.1 Å². The number of carbonyl (C=O) groups excluding carboxylic acids is 2. The van der Waals surface area contributed by atoms with E-state index < -0.39 is 6.04 Å². The van der Waals surface area contributed by atoms with Gasteiger partial charge in [-0.2, -0.15) is 0 Å². The largest absolute Gasteiger partial charge is 0.351 e. The fourth-order valence-electron chi connectivity index (χ4n) is 3.69. The van der Waals surface area contributed by atoms with E-state index in [9.17, 15) is 9.59 Å². The second-order valence-electron chi connectivity index (χ2n) is 6.90. The Morgan fingerprint density at radius 3 is 2.54 bits per heavy atom. The van der Waals surface area contributed by atoms with Crippen LogP contribution < -0.4 is 10.6 Å². The first-order valence-electron chi connectivity index (χ1n) is 8.75. The Bertz CT molecular complexity index is 651. The lowest BCUT2D eigenvalue weighted by molar-refractivity contribution is -0.125. The molecule has 0 aliphatic carbocycles. The van der Waals surface area contributed by atoms with Crippen LogP contribution in [-0.2, 0) is 4.79 Å². The van der Waals surface area contributed by atoms with Gasteiger partial charge in [0.2, 0.25) is 5.91 Å². The van der Waals surface area contributed by atoms with Crippen LogP contribution in [0.1, 0.15) is 43.0 Å². The van der Waals surface area contributed by atoms with E-state index >= 15 is 0 Å². The maximum absolute atomic E-state index is 12.8. The third-order valence-electron chi connectivity index (χ3n) is 4.90. The molecule has 1 aromatic carbocycles. The van der Waals surface area contributed by atoms with Crippen molar-refractivity contribution in [3.8, 4) is 0 Å². The second-order valence-corrected chi connectivity index (χ2v) is 7.77. The van der Waals surface area contributed by atoms with Crippen molar-refractivity contribution in [2.24, 2.45) is 0 Å². The van der Waals surface area contributed by atoms with Crippen LogP contribution in [0.2, 0.25) is 10.0 Å². The Kier molecular flexibility index (Phi) is 7.59. The summed E-state index contributed by atoms with van der Waals surface area (Å²) in [5, 5.41) is 7.33. The Balaban J connectivity index is 0.00000243. The summed E-state index contributed by atoms with van der Waals surface area (Å²) in [6.45, 7) is 3.59. The Labute approximate surface area is 170 Å². The highest BCUT2D eigenvalue weighted by molar-refractivity contribution is 6.35. The molecular weight excluding hydrogens is 397 g/mol. The minimum atomic E-state index is -0.421. The predicted molar refractivity (Wildman–Crippen MR) is 106 cm³/mol. The van der Waals surface area contributed by atoms with Crippen molar-refractivity contribution < 1.29 is 9.59 Å². The molecule has 2 N–H and O–H groups in total. The molecule has 8 heteroatoms. The van der Waals surface area contributed by atoms with Gasteiger partial charge in [0.05, 0.1) is 0 Å². The average Bonchev–Trinajstić information content (AvgIpc) is 3.03. The van der Waals surface area contributed by atoms with Crippen LogP contribution in [0.4, 0.5) is 0 Å². The molecule has 26 heavy (non-hydrogen) atoms. The van der Waals surface area contributed by atoms with Crippen LogP contribution in [-0.4, -0.2) is 47.9 Å². The molecule has 0 radical (unpaired) electrons. The molecule has 2 amide bonds. The molecule has 2 fully saturated rings. The number of hydrogen-bond acceptors (Lipinski definition) is 3. The molecular formula is C18H24Cl3N3O2. The van der Waals surface area contributed by atoms with Crippen molar-refractivity contribution in [3.63, 3.8) is 0 Å². The monoisotopic (exact) mass is 419 g/mol. The maximum Gasteiger partial charge on any atom is 0.254 e. The molecule has 3 rings (SSSR count). The average molecular weight is 421 g/mol. The first kappa shape index (κ1) is 21.3. The Hall–Kier alpha value is -1.01. The molecule has 2 heterocycles. The summed E-state index contributed by atoms with van der Waals surface area (Å²) in [6.07, 6.45) is 3.34. The zero-order valence-corrected chi connectivity index (χ0v) is 17.0. The maximum atomic E-state index is 12.8. The molecule has 2 aliphatic rings. The van der Waals surface area contributed by atoms with Gasteiger partial charge in [-0.1, -0.05) is 23.2 Å². The number of hydrogen-bond donors (Lipinski definition) is 2. The van der Waals surface area contributed by atoms with Gasteiger partial charge in [0, 0.05) is 34.2 Å². The fraction of sp³-hybridized carbons (Fsp3) is 0.556. The molecule has 144 valence electrons. The minimum Gasteiger partial charge on any atom is -0.351 e.